The molecule has 2 aromatic rings. The van der Waals surface area contributed by atoms with Crippen molar-refractivity contribution in [1.82, 2.24) is 9.78 Å². The maximum Gasteiger partial charge on any atom is 0.282 e. The second-order valence-electron chi connectivity index (χ2n) is 6.73. The molecule has 2 atom stereocenters. The van der Waals surface area contributed by atoms with Crippen LogP contribution in [0.3, 0.4) is 0 Å². The quantitative estimate of drug-likeness (QED) is 0.908. The van der Waals surface area contributed by atoms with E-state index in [2.05, 4.69) is 16.5 Å². The van der Waals surface area contributed by atoms with Gasteiger partial charge in [0.1, 0.15) is 5.69 Å². The van der Waals surface area contributed by atoms with E-state index in [4.69, 9.17) is 0 Å². The third-order valence-electron chi connectivity index (χ3n) is 5.22. The second kappa shape index (κ2) is 5.69. The third kappa shape index (κ3) is 2.41. The Morgan fingerprint density at radius 2 is 2.12 bits per heavy atom. The van der Waals surface area contributed by atoms with Gasteiger partial charge in [0.25, 0.3) is 12.3 Å². The lowest BCUT2D eigenvalue weighted by Crippen LogP contribution is -2.15. The number of hydrogen-bond acceptors (Lipinski definition) is 2. The van der Waals surface area contributed by atoms with Gasteiger partial charge in [0.2, 0.25) is 0 Å². The molecule has 0 aliphatic heterocycles. The van der Waals surface area contributed by atoms with Crippen LogP contribution in [0.2, 0.25) is 0 Å². The number of rotatable bonds is 3. The van der Waals surface area contributed by atoms with Crippen molar-refractivity contribution < 1.29 is 13.6 Å². The van der Waals surface area contributed by atoms with E-state index in [9.17, 15) is 13.6 Å². The standard InChI is InChI=1S/C18H19F2N3O/c1-23-9-13(16(22-23)17(19)20)18(24)21-14-7-3-6-12-10-4-2-5-11(8-10)15(12)14/h3,6-7,9-11,17H,2,4-5,8H2,1H3,(H,21,24)/t10-,11?/m0/s1. The number of amides is 1. The average Bonchev–Trinajstić information content (AvgIpc) is 3.07. The van der Waals surface area contributed by atoms with Gasteiger partial charge in [-0.05, 0) is 48.3 Å². The van der Waals surface area contributed by atoms with E-state index in [0.717, 1.165) is 18.5 Å². The number of alkyl halides is 2. The van der Waals surface area contributed by atoms with Crippen molar-refractivity contribution in [1.29, 1.82) is 0 Å². The van der Waals surface area contributed by atoms with Gasteiger partial charge in [-0.3, -0.25) is 9.48 Å². The SMILES string of the molecule is Cn1cc(C(=O)Nc2cccc3c2C2CCC[C@H]3C2)c(C(F)F)n1. The van der Waals surface area contributed by atoms with Gasteiger partial charge in [-0.25, -0.2) is 8.78 Å². The van der Waals surface area contributed by atoms with Crippen molar-refractivity contribution in [2.75, 3.05) is 5.32 Å². The number of anilines is 1. The summed E-state index contributed by atoms with van der Waals surface area (Å²) in [4.78, 5) is 12.5. The second-order valence-corrected chi connectivity index (χ2v) is 6.73. The molecule has 1 fully saturated rings. The fourth-order valence-electron chi connectivity index (χ4n) is 4.27. The van der Waals surface area contributed by atoms with E-state index >= 15 is 0 Å². The number of fused-ring (bicyclic) bond motifs is 5. The van der Waals surface area contributed by atoms with Crippen molar-refractivity contribution in [3.8, 4) is 0 Å². The summed E-state index contributed by atoms with van der Waals surface area (Å²) in [5.41, 5.74) is 2.75. The summed E-state index contributed by atoms with van der Waals surface area (Å²) in [6.45, 7) is 0. The zero-order valence-corrected chi connectivity index (χ0v) is 13.4. The maximum atomic E-state index is 13.1. The molecular formula is C18H19F2N3O. The summed E-state index contributed by atoms with van der Waals surface area (Å²) in [6, 6.07) is 5.94. The molecule has 1 amide bonds. The van der Waals surface area contributed by atoms with Crippen molar-refractivity contribution in [2.24, 2.45) is 7.05 Å². The van der Waals surface area contributed by atoms with Gasteiger partial charge >= 0.3 is 0 Å². The first kappa shape index (κ1) is 15.3. The van der Waals surface area contributed by atoms with E-state index in [1.54, 1.807) is 0 Å². The Morgan fingerprint density at radius 3 is 2.92 bits per heavy atom. The van der Waals surface area contributed by atoms with Crippen LogP contribution >= 0.6 is 0 Å². The Labute approximate surface area is 138 Å². The molecule has 1 unspecified atom stereocenters. The average molecular weight is 331 g/mol. The minimum absolute atomic E-state index is 0.0638. The lowest BCUT2D eigenvalue weighted by molar-refractivity contribution is 0.101. The molecule has 6 heteroatoms. The Balaban J connectivity index is 1.67. The predicted octanol–water partition coefficient (Wildman–Crippen LogP) is 4.36. The summed E-state index contributed by atoms with van der Waals surface area (Å²) < 4.78 is 27.4. The highest BCUT2D eigenvalue weighted by molar-refractivity contribution is 6.05. The molecule has 2 aliphatic rings. The first-order valence-electron chi connectivity index (χ1n) is 8.30. The minimum Gasteiger partial charge on any atom is -0.322 e. The third-order valence-corrected chi connectivity index (χ3v) is 5.22. The van der Waals surface area contributed by atoms with Gasteiger partial charge in [-0.2, -0.15) is 5.10 Å². The first-order valence-corrected chi connectivity index (χ1v) is 8.30. The number of nitrogens with zero attached hydrogens (tertiary/aromatic N) is 2. The molecule has 0 saturated heterocycles. The van der Waals surface area contributed by atoms with Crippen LogP contribution in [0, 0.1) is 0 Å². The normalized spacial score (nSPS) is 21.8. The summed E-state index contributed by atoms with van der Waals surface area (Å²) in [5, 5.41) is 6.56. The molecule has 4 nitrogen and oxygen atoms in total. The van der Waals surface area contributed by atoms with E-state index in [-0.39, 0.29) is 5.56 Å². The van der Waals surface area contributed by atoms with E-state index in [0.29, 0.717) is 11.8 Å². The maximum absolute atomic E-state index is 13.1. The predicted molar refractivity (Wildman–Crippen MR) is 86.5 cm³/mol. The van der Waals surface area contributed by atoms with Crippen LogP contribution in [-0.2, 0) is 7.05 Å². The molecular weight excluding hydrogens is 312 g/mol. The molecule has 2 bridgehead atoms. The van der Waals surface area contributed by atoms with Crippen molar-refractivity contribution in [2.45, 2.75) is 43.9 Å². The van der Waals surface area contributed by atoms with Gasteiger partial charge < -0.3 is 5.32 Å². The molecule has 1 aromatic heterocycles. The summed E-state index contributed by atoms with van der Waals surface area (Å²) in [5.74, 6) is 0.526. The van der Waals surface area contributed by atoms with Crippen LogP contribution in [-0.4, -0.2) is 15.7 Å². The molecule has 24 heavy (non-hydrogen) atoms. The molecule has 126 valence electrons. The van der Waals surface area contributed by atoms with Gasteiger partial charge in [-0.1, -0.05) is 18.6 Å². The topological polar surface area (TPSA) is 46.9 Å². The van der Waals surface area contributed by atoms with Crippen LogP contribution in [0.15, 0.2) is 24.4 Å². The number of hydrogen-bond donors (Lipinski definition) is 1. The molecule has 1 N–H and O–H groups in total. The van der Waals surface area contributed by atoms with Crippen LogP contribution in [0.4, 0.5) is 14.5 Å². The molecule has 4 rings (SSSR count). The first-order chi connectivity index (χ1) is 11.5. The van der Waals surface area contributed by atoms with Crippen molar-refractivity contribution in [3.05, 3.63) is 46.8 Å². The highest BCUT2D eigenvalue weighted by atomic mass is 19.3. The summed E-state index contributed by atoms with van der Waals surface area (Å²) in [7, 11) is 1.53. The lowest BCUT2D eigenvalue weighted by atomic mass is 9.87. The lowest BCUT2D eigenvalue weighted by Gasteiger charge is -2.19. The number of aryl methyl sites for hydroxylation is 1. The van der Waals surface area contributed by atoms with Crippen LogP contribution in [0.5, 0.6) is 0 Å². The van der Waals surface area contributed by atoms with Crippen LogP contribution < -0.4 is 5.32 Å². The Hall–Kier alpha value is -2.24. The smallest absolute Gasteiger partial charge is 0.282 e. The van der Waals surface area contributed by atoms with E-state index < -0.39 is 18.0 Å². The van der Waals surface area contributed by atoms with Gasteiger partial charge in [-0.15, -0.1) is 0 Å². The number of nitrogens with one attached hydrogen (secondary N) is 1. The number of carbonyl (C=O) groups excluding carboxylic acids is 1. The monoisotopic (exact) mass is 331 g/mol. The fourth-order valence-corrected chi connectivity index (χ4v) is 4.27. The minimum atomic E-state index is -2.77. The largest absolute Gasteiger partial charge is 0.322 e. The van der Waals surface area contributed by atoms with E-state index in [1.165, 1.54) is 41.9 Å². The highest BCUT2D eigenvalue weighted by Gasteiger charge is 2.36. The molecule has 1 saturated carbocycles. The van der Waals surface area contributed by atoms with E-state index in [1.807, 2.05) is 12.1 Å². The number of carbonyl (C=O) groups is 1. The number of halogens is 2. The Bertz CT molecular complexity index is 800. The van der Waals surface area contributed by atoms with Crippen LogP contribution in [0.1, 0.15) is 71.1 Å². The molecule has 0 spiro atoms. The highest BCUT2D eigenvalue weighted by Crippen LogP contribution is 2.52. The van der Waals surface area contributed by atoms with Crippen molar-refractivity contribution in [3.63, 3.8) is 0 Å². The van der Waals surface area contributed by atoms with Gasteiger partial charge in [0, 0.05) is 18.9 Å². The summed E-state index contributed by atoms with van der Waals surface area (Å²) in [6.07, 6.45) is 3.24. The Kier molecular flexibility index (Phi) is 3.62. The number of aromatic nitrogens is 2. The molecule has 1 heterocycles. The summed E-state index contributed by atoms with van der Waals surface area (Å²) >= 11 is 0. The zero-order valence-electron chi connectivity index (χ0n) is 13.4. The van der Waals surface area contributed by atoms with Crippen molar-refractivity contribution >= 4 is 11.6 Å². The molecule has 1 aromatic carbocycles. The Morgan fingerprint density at radius 1 is 1.33 bits per heavy atom. The number of benzene rings is 1. The van der Waals surface area contributed by atoms with Gasteiger partial charge in [0.15, 0.2) is 0 Å². The zero-order chi connectivity index (χ0) is 16.8. The fraction of sp³-hybridized carbons (Fsp3) is 0.444. The van der Waals surface area contributed by atoms with Gasteiger partial charge in [0.05, 0.1) is 5.56 Å². The molecule has 2 aliphatic carbocycles. The van der Waals surface area contributed by atoms with Crippen LogP contribution in [0.25, 0.3) is 0 Å². The molecule has 0 radical (unpaired) electrons.